The van der Waals surface area contributed by atoms with E-state index in [1.165, 1.54) is 0 Å². The van der Waals surface area contributed by atoms with E-state index >= 15 is 0 Å². The van der Waals surface area contributed by atoms with Crippen LogP contribution in [0.1, 0.15) is 17.2 Å². The van der Waals surface area contributed by atoms with Crippen LogP contribution in [0.25, 0.3) is 0 Å². The van der Waals surface area contributed by atoms with Gasteiger partial charge in [0.05, 0.1) is 0 Å². The molecule has 0 aliphatic heterocycles. The third-order valence-electron chi connectivity index (χ3n) is 2.63. The Bertz CT molecular complexity index is 579. The fourth-order valence-electron chi connectivity index (χ4n) is 1.67. The highest BCUT2D eigenvalue weighted by atomic mass is 35.5. The first-order valence-corrected chi connectivity index (χ1v) is 6.17. The zero-order chi connectivity index (χ0) is 13.7. The van der Waals surface area contributed by atoms with E-state index in [0.29, 0.717) is 5.02 Å². The van der Waals surface area contributed by atoms with Crippen LogP contribution in [0.3, 0.4) is 0 Å². The van der Waals surface area contributed by atoms with Crippen molar-refractivity contribution < 1.29 is 4.79 Å². The number of amides is 1. The SMILES string of the molecule is NC(=O)[C@@H](N=Cc1ccc(Cl)cc1)c1ccccc1. The lowest BCUT2D eigenvalue weighted by molar-refractivity contribution is -0.119. The van der Waals surface area contributed by atoms with Gasteiger partial charge in [0, 0.05) is 11.2 Å². The Hall–Kier alpha value is -2.13. The molecular formula is C15H13ClN2O. The molecule has 3 nitrogen and oxygen atoms in total. The number of nitrogens with two attached hydrogens (primary N) is 1. The van der Waals surface area contributed by atoms with Gasteiger partial charge in [-0.1, -0.05) is 54.1 Å². The van der Waals surface area contributed by atoms with Crippen molar-refractivity contribution in [1.29, 1.82) is 0 Å². The molecule has 0 aromatic heterocycles. The molecule has 0 radical (unpaired) electrons. The molecule has 4 heteroatoms. The summed E-state index contributed by atoms with van der Waals surface area (Å²) in [7, 11) is 0. The average Bonchev–Trinajstić information content (AvgIpc) is 2.42. The van der Waals surface area contributed by atoms with Gasteiger partial charge in [-0.05, 0) is 23.3 Å². The predicted molar refractivity (Wildman–Crippen MR) is 77.4 cm³/mol. The summed E-state index contributed by atoms with van der Waals surface area (Å²) in [6.45, 7) is 0. The van der Waals surface area contributed by atoms with Crippen LogP contribution in [-0.4, -0.2) is 12.1 Å². The molecule has 0 aliphatic rings. The molecule has 1 amide bonds. The van der Waals surface area contributed by atoms with Gasteiger partial charge in [-0.3, -0.25) is 9.79 Å². The smallest absolute Gasteiger partial charge is 0.246 e. The van der Waals surface area contributed by atoms with Gasteiger partial charge in [0.25, 0.3) is 0 Å². The molecule has 0 saturated heterocycles. The van der Waals surface area contributed by atoms with Gasteiger partial charge in [-0.2, -0.15) is 0 Å². The van der Waals surface area contributed by atoms with Gasteiger partial charge >= 0.3 is 0 Å². The standard InChI is InChI=1S/C15H13ClN2O/c16-13-8-6-11(7-9-13)10-18-14(15(17)19)12-4-2-1-3-5-12/h1-10,14H,(H2,17,19)/t14-/m0/s1. The normalized spacial score (nSPS) is 12.5. The van der Waals surface area contributed by atoms with Gasteiger partial charge in [-0.15, -0.1) is 0 Å². The van der Waals surface area contributed by atoms with Crippen LogP contribution in [-0.2, 0) is 4.79 Å². The maximum Gasteiger partial charge on any atom is 0.246 e. The topological polar surface area (TPSA) is 55.5 Å². The van der Waals surface area contributed by atoms with Crippen LogP contribution >= 0.6 is 11.6 Å². The predicted octanol–water partition coefficient (Wildman–Crippen LogP) is 2.99. The van der Waals surface area contributed by atoms with E-state index in [9.17, 15) is 4.79 Å². The Morgan fingerprint density at radius 3 is 2.32 bits per heavy atom. The van der Waals surface area contributed by atoms with Crippen molar-refractivity contribution >= 4 is 23.7 Å². The van der Waals surface area contributed by atoms with Gasteiger partial charge in [0.2, 0.25) is 5.91 Å². The molecule has 96 valence electrons. The average molecular weight is 273 g/mol. The van der Waals surface area contributed by atoms with Crippen molar-refractivity contribution in [1.82, 2.24) is 0 Å². The summed E-state index contributed by atoms with van der Waals surface area (Å²) < 4.78 is 0. The van der Waals surface area contributed by atoms with E-state index < -0.39 is 11.9 Å². The minimum Gasteiger partial charge on any atom is -0.368 e. The van der Waals surface area contributed by atoms with Crippen LogP contribution < -0.4 is 5.73 Å². The van der Waals surface area contributed by atoms with Crippen LogP contribution in [0.5, 0.6) is 0 Å². The lowest BCUT2D eigenvalue weighted by atomic mass is 10.1. The fourth-order valence-corrected chi connectivity index (χ4v) is 1.79. The molecule has 2 rings (SSSR count). The number of carbonyl (C=O) groups is 1. The Labute approximate surface area is 116 Å². The molecule has 0 spiro atoms. The molecule has 0 fully saturated rings. The Morgan fingerprint density at radius 2 is 1.74 bits per heavy atom. The van der Waals surface area contributed by atoms with Gasteiger partial charge in [0.1, 0.15) is 0 Å². The highest BCUT2D eigenvalue weighted by molar-refractivity contribution is 6.30. The number of benzene rings is 2. The Kier molecular flexibility index (Phi) is 4.31. The van der Waals surface area contributed by atoms with Gasteiger partial charge in [0.15, 0.2) is 6.04 Å². The number of halogens is 1. The third kappa shape index (κ3) is 3.66. The van der Waals surface area contributed by atoms with Crippen molar-refractivity contribution in [2.75, 3.05) is 0 Å². The summed E-state index contributed by atoms with van der Waals surface area (Å²) in [5.41, 5.74) is 7.03. The first-order chi connectivity index (χ1) is 9.16. The summed E-state index contributed by atoms with van der Waals surface area (Å²) in [4.78, 5) is 15.7. The minimum atomic E-state index is -0.670. The highest BCUT2D eigenvalue weighted by Crippen LogP contribution is 2.16. The molecule has 2 N–H and O–H groups in total. The lowest BCUT2D eigenvalue weighted by Gasteiger charge is -2.08. The molecule has 0 aliphatic carbocycles. The molecule has 2 aromatic carbocycles. The second-order valence-corrected chi connectivity index (χ2v) is 4.48. The van der Waals surface area contributed by atoms with Crippen molar-refractivity contribution in [3.05, 3.63) is 70.7 Å². The Morgan fingerprint density at radius 1 is 1.11 bits per heavy atom. The number of hydrogen-bond donors (Lipinski definition) is 1. The van der Waals surface area contributed by atoms with Gasteiger partial charge < -0.3 is 5.73 Å². The lowest BCUT2D eigenvalue weighted by Crippen LogP contribution is -2.20. The molecule has 0 bridgehead atoms. The number of nitrogens with zero attached hydrogens (tertiary/aromatic N) is 1. The minimum absolute atomic E-state index is 0.476. The van der Waals surface area contributed by atoms with Crippen molar-refractivity contribution in [2.24, 2.45) is 10.7 Å². The Balaban J connectivity index is 2.22. The maximum absolute atomic E-state index is 11.5. The number of carbonyl (C=O) groups excluding carboxylic acids is 1. The number of hydrogen-bond acceptors (Lipinski definition) is 2. The first-order valence-electron chi connectivity index (χ1n) is 5.80. The molecular weight excluding hydrogens is 260 g/mol. The quantitative estimate of drug-likeness (QED) is 0.855. The largest absolute Gasteiger partial charge is 0.368 e. The van der Waals surface area contributed by atoms with Crippen LogP contribution in [0.2, 0.25) is 5.02 Å². The molecule has 19 heavy (non-hydrogen) atoms. The van der Waals surface area contributed by atoms with Gasteiger partial charge in [-0.25, -0.2) is 0 Å². The summed E-state index contributed by atoms with van der Waals surface area (Å²) in [5.74, 6) is -0.476. The highest BCUT2D eigenvalue weighted by Gasteiger charge is 2.14. The molecule has 2 aromatic rings. The van der Waals surface area contributed by atoms with E-state index in [1.54, 1.807) is 18.3 Å². The number of primary amides is 1. The van der Waals surface area contributed by atoms with Crippen LogP contribution in [0.15, 0.2) is 59.6 Å². The zero-order valence-electron chi connectivity index (χ0n) is 10.2. The summed E-state index contributed by atoms with van der Waals surface area (Å²) in [6, 6.07) is 15.8. The number of rotatable bonds is 4. The van der Waals surface area contributed by atoms with E-state index in [1.807, 2.05) is 42.5 Å². The monoisotopic (exact) mass is 272 g/mol. The van der Waals surface area contributed by atoms with Crippen molar-refractivity contribution in [2.45, 2.75) is 6.04 Å². The van der Waals surface area contributed by atoms with Crippen LogP contribution in [0.4, 0.5) is 0 Å². The first kappa shape index (κ1) is 13.3. The van der Waals surface area contributed by atoms with Crippen molar-refractivity contribution in [3.63, 3.8) is 0 Å². The second-order valence-electron chi connectivity index (χ2n) is 4.05. The fraction of sp³-hybridized carbons (Fsp3) is 0.0667. The molecule has 0 unspecified atom stereocenters. The van der Waals surface area contributed by atoms with E-state index in [0.717, 1.165) is 11.1 Å². The zero-order valence-corrected chi connectivity index (χ0v) is 10.9. The molecule has 0 saturated carbocycles. The molecule has 1 atom stereocenters. The maximum atomic E-state index is 11.5. The van der Waals surface area contributed by atoms with Crippen LogP contribution in [0, 0.1) is 0 Å². The summed E-state index contributed by atoms with van der Waals surface area (Å²) in [5, 5.41) is 0.659. The van der Waals surface area contributed by atoms with E-state index in [4.69, 9.17) is 17.3 Å². The van der Waals surface area contributed by atoms with Crippen molar-refractivity contribution in [3.8, 4) is 0 Å². The van der Waals surface area contributed by atoms with E-state index in [2.05, 4.69) is 4.99 Å². The molecule has 0 heterocycles. The van der Waals surface area contributed by atoms with E-state index in [-0.39, 0.29) is 0 Å². The second kappa shape index (κ2) is 6.16. The summed E-state index contributed by atoms with van der Waals surface area (Å²) in [6.07, 6.45) is 1.62. The number of aliphatic imine (C=N–C) groups is 1. The third-order valence-corrected chi connectivity index (χ3v) is 2.88. The summed E-state index contributed by atoms with van der Waals surface area (Å²) >= 11 is 5.80.